The fourth-order valence-corrected chi connectivity index (χ4v) is 3.50. The lowest BCUT2D eigenvalue weighted by molar-refractivity contribution is -0.123. The molecular weight excluding hydrogens is 398 g/mol. The third-order valence-corrected chi connectivity index (χ3v) is 5.08. The number of ether oxygens (including phenoxy) is 2. The minimum absolute atomic E-state index is 0.189. The second-order valence-electron chi connectivity index (χ2n) is 6.05. The maximum absolute atomic E-state index is 12.5. The summed E-state index contributed by atoms with van der Waals surface area (Å²) in [6, 6.07) is 14.4. The lowest BCUT2D eigenvalue weighted by Crippen LogP contribution is -2.32. The molecule has 0 bridgehead atoms. The molecule has 1 aliphatic rings. The molecule has 7 heteroatoms. The van der Waals surface area contributed by atoms with Crippen LogP contribution in [0.1, 0.15) is 18.9 Å². The van der Waals surface area contributed by atoms with E-state index in [1.54, 1.807) is 30.3 Å². The van der Waals surface area contributed by atoms with Gasteiger partial charge in [-0.15, -0.1) is 0 Å². The van der Waals surface area contributed by atoms with E-state index in [0.29, 0.717) is 22.3 Å². The van der Waals surface area contributed by atoms with Gasteiger partial charge in [-0.3, -0.25) is 14.5 Å². The van der Waals surface area contributed by atoms with Crippen molar-refractivity contribution in [2.24, 2.45) is 0 Å². The summed E-state index contributed by atoms with van der Waals surface area (Å²) in [5, 5.41) is 0.326. The molecule has 3 rings (SSSR count). The molecule has 0 aromatic heterocycles. The van der Waals surface area contributed by atoms with Crippen molar-refractivity contribution >= 4 is 40.6 Å². The number of nitrogens with zero attached hydrogens (tertiary/aromatic N) is 1. The first-order chi connectivity index (χ1) is 13.6. The summed E-state index contributed by atoms with van der Waals surface area (Å²) >= 11 is 6.77. The van der Waals surface area contributed by atoms with E-state index in [-0.39, 0.29) is 24.3 Å². The fraction of sp³-hybridized carbons (Fsp3) is 0.238. The van der Waals surface area contributed by atoms with E-state index in [0.717, 1.165) is 29.5 Å². The molecule has 1 aliphatic heterocycles. The van der Waals surface area contributed by atoms with Gasteiger partial charge >= 0.3 is 0 Å². The average molecular weight is 418 g/mol. The van der Waals surface area contributed by atoms with Crippen LogP contribution in [0.2, 0.25) is 5.02 Å². The van der Waals surface area contributed by atoms with Crippen LogP contribution in [0.4, 0.5) is 4.79 Å². The molecule has 0 spiro atoms. The van der Waals surface area contributed by atoms with Gasteiger partial charge in [-0.05, 0) is 66.2 Å². The molecule has 2 aromatic carbocycles. The molecule has 0 saturated carbocycles. The predicted octanol–water partition coefficient (Wildman–Crippen LogP) is 5.24. The van der Waals surface area contributed by atoms with Gasteiger partial charge < -0.3 is 9.47 Å². The quantitative estimate of drug-likeness (QED) is 0.549. The molecule has 0 aliphatic carbocycles. The molecule has 2 aromatic rings. The highest BCUT2D eigenvalue weighted by Gasteiger charge is 2.34. The van der Waals surface area contributed by atoms with Gasteiger partial charge in [-0.2, -0.15) is 0 Å². The van der Waals surface area contributed by atoms with Crippen molar-refractivity contribution in [3.63, 3.8) is 0 Å². The number of benzene rings is 2. The van der Waals surface area contributed by atoms with Crippen LogP contribution < -0.4 is 9.47 Å². The van der Waals surface area contributed by atoms with Gasteiger partial charge in [0.2, 0.25) is 0 Å². The van der Waals surface area contributed by atoms with Gasteiger partial charge in [-0.25, -0.2) is 0 Å². The van der Waals surface area contributed by atoms with Crippen molar-refractivity contribution in [2.75, 3.05) is 19.8 Å². The molecule has 0 atom stereocenters. The van der Waals surface area contributed by atoms with E-state index in [1.165, 1.54) is 4.90 Å². The van der Waals surface area contributed by atoms with E-state index in [9.17, 15) is 9.59 Å². The SMILES string of the molecule is CCCOc1ccc(/C=C2\SC(=O)N(CCOc3ccc(Cl)cc3)C2=O)cc1. The smallest absolute Gasteiger partial charge is 0.293 e. The van der Waals surface area contributed by atoms with Crippen LogP contribution in [-0.2, 0) is 4.79 Å². The van der Waals surface area contributed by atoms with Crippen LogP contribution in [0.3, 0.4) is 0 Å². The fourth-order valence-electron chi connectivity index (χ4n) is 2.51. The van der Waals surface area contributed by atoms with Crippen molar-refractivity contribution in [1.29, 1.82) is 0 Å². The highest BCUT2D eigenvalue weighted by atomic mass is 35.5. The molecule has 1 saturated heterocycles. The van der Waals surface area contributed by atoms with Crippen LogP contribution in [0.15, 0.2) is 53.4 Å². The summed E-state index contributed by atoms with van der Waals surface area (Å²) < 4.78 is 11.1. The number of carbonyl (C=O) groups is 2. The molecule has 0 N–H and O–H groups in total. The Hall–Kier alpha value is -2.44. The lowest BCUT2D eigenvalue weighted by Gasteiger charge is -2.13. The number of imide groups is 1. The topological polar surface area (TPSA) is 55.8 Å². The van der Waals surface area contributed by atoms with Crippen molar-refractivity contribution in [1.82, 2.24) is 4.90 Å². The van der Waals surface area contributed by atoms with Crippen molar-refractivity contribution in [3.8, 4) is 11.5 Å². The third kappa shape index (κ3) is 5.30. The number of hydrogen-bond donors (Lipinski definition) is 0. The Kier molecular flexibility index (Phi) is 7.01. The molecule has 0 unspecified atom stereocenters. The van der Waals surface area contributed by atoms with Gasteiger partial charge in [0.05, 0.1) is 18.1 Å². The van der Waals surface area contributed by atoms with Crippen LogP contribution in [0, 0.1) is 0 Å². The lowest BCUT2D eigenvalue weighted by atomic mass is 10.2. The molecule has 2 amide bonds. The Morgan fingerprint density at radius 1 is 0.964 bits per heavy atom. The van der Waals surface area contributed by atoms with Gasteiger partial charge in [-0.1, -0.05) is 30.7 Å². The average Bonchev–Trinajstić information content (AvgIpc) is 2.96. The van der Waals surface area contributed by atoms with E-state index in [4.69, 9.17) is 21.1 Å². The summed E-state index contributed by atoms with van der Waals surface area (Å²) in [4.78, 5) is 26.3. The minimum Gasteiger partial charge on any atom is -0.494 e. The largest absolute Gasteiger partial charge is 0.494 e. The number of carbonyl (C=O) groups excluding carboxylic acids is 2. The van der Waals surface area contributed by atoms with E-state index >= 15 is 0 Å². The van der Waals surface area contributed by atoms with E-state index in [1.807, 2.05) is 31.2 Å². The maximum Gasteiger partial charge on any atom is 0.293 e. The van der Waals surface area contributed by atoms with Gasteiger partial charge in [0.1, 0.15) is 18.1 Å². The molecule has 28 heavy (non-hydrogen) atoms. The van der Waals surface area contributed by atoms with Crippen LogP contribution in [-0.4, -0.2) is 35.8 Å². The first-order valence-electron chi connectivity index (χ1n) is 8.93. The molecule has 146 valence electrons. The van der Waals surface area contributed by atoms with Crippen LogP contribution in [0.5, 0.6) is 11.5 Å². The zero-order valence-electron chi connectivity index (χ0n) is 15.4. The zero-order chi connectivity index (χ0) is 19.9. The standard InChI is InChI=1S/C21H20ClNO4S/c1-2-12-26-17-7-3-15(4-8-17)14-19-20(24)23(21(25)28-19)11-13-27-18-9-5-16(22)6-10-18/h3-10,14H,2,11-13H2,1H3/b19-14-. The molecule has 0 radical (unpaired) electrons. The maximum atomic E-state index is 12.5. The highest BCUT2D eigenvalue weighted by Crippen LogP contribution is 2.32. The first-order valence-corrected chi connectivity index (χ1v) is 10.1. The molecule has 5 nitrogen and oxygen atoms in total. The monoisotopic (exact) mass is 417 g/mol. The van der Waals surface area contributed by atoms with E-state index in [2.05, 4.69) is 0 Å². The number of halogens is 1. The first kappa shape index (κ1) is 20.3. The summed E-state index contributed by atoms with van der Waals surface area (Å²) in [7, 11) is 0. The van der Waals surface area contributed by atoms with Gasteiger partial charge in [0.25, 0.3) is 11.1 Å². The summed E-state index contributed by atoms with van der Waals surface area (Å²) in [5.74, 6) is 1.12. The Labute approximate surface area is 173 Å². The van der Waals surface area contributed by atoms with Crippen molar-refractivity contribution in [2.45, 2.75) is 13.3 Å². The Bertz CT molecular complexity index is 865. The predicted molar refractivity (Wildman–Crippen MR) is 112 cm³/mol. The second kappa shape index (κ2) is 9.66. The minimum atomic E-state index is -0.305. The molecule has 1 fully saturated rings. The Morgan fingerprint density at radius 2 is 1.57 bits per heavy atom. The third-order valence-electron chi connectivity index (χ3n) is 3.92. The van der Waals surface area contributed by atoms with Crippen molar-refractivity contribution < 1.29 is 19.1 Å². The normalized spacial score (nSPS) is 15.4. The number of hydrogen-bond acceptors (Lipinski definition) is 5. The van der Waals surface area contributed by atoms with Crippen molar-refractivity contribution in [3.05, 3.63) is 64.0 Å². The summed E-state index contributed by atoms with van der Waals surface area (Å²) in [5.41, 5.74) is 0.840. The summed E-state index contributed by atoms with van der Waals surface area (Å²) in [6.45, 7) is 3.12. The molecule has 1 heterocycles. The van der Waals surface area contributed by atoms with E-state index < -0.39 is 0 Å². The summed E-state index contributed by atoms with van der Waals surface area (Å²) in [6.07, 6.45) is 2.66. The Balaban J connectivity index is 1.57. The number of amides is 2. The van der Waals surface area contributed by atoms with Crippen LogP contribution in [0.25, 0.3) is 6.08 Å². The van der Waals surface area contributed by atoms with Crippen LogP contribution >= 0.6 is 23.4 Å². The highest BCUT2D eigenvalue weighted by molar-refractivity contribution is 8.18. The molecular formula is C21H20ClNO4S. The zero-order valence-corrected chi connectivity index (χ0v) is 17.0. The van der Waals surface area contributed by atoms with Gasteiger partial charge in [0, 0.05) is 5.02 Å². The Morgan fingerprint density at radius 3 is 2.21 bits per heavy atom. The number of thioether (sulfide) groups is 1. The van der Waals surface area contributed by atoms with Gasteiger partial charge in [0.15, 0.2) is 0 Å². The second-order valence-corrected chi connectivity index (χ2v) is 7.48. The number of rotatable bonds is 8.